The fourth-order valence-electron chi connectivity index (χ4n) is 2.52. The molecule has 0 aliphatic carbocycles. The zero-order valence-corrected chi connectivity index (χ0v) is 10.8. The van der Waals surface area contributed by atoms with E-state index < -0.39 is 0 Å². The van der Waals surface area contributed by atoms with Crippen LogP contribution in [0.1, 0.15) is 52.4 Å². The van der Waals surface area contributed by atoms with Crippen LogP contribution in [-0.2, 0) is 0 Å². The van der Waals surface area contributed by atoms with E-state index in [4.69, 9.17) is 6.42 Å². The molecule has 1 aliphatic heterocycles. The number of rotatable bonds is 5. The molecule has 0 radical (unpaired) electrons. The zero-order chi connectivity index (χ0) is 11.8. The molecule has 2 N–H and O–H groups in total. The molecule has 0 bridgehead atoms. The lowest BCUT2D eigenvalue weighted by atomic mass is 10.0. The summed E-state index contributed by atoms with van der Waals surface area (Å²) in [6.45, 7) is 5.62. The number of terminal acetylenes is 1. The van der Waals surface area contributed by atoms with E-state index in [0.717, 1.165) is 6.42 Å². The van der Waals surface area contributed by atoms with E-state index in [0.29, 0.717) is 18.1 Å². The Balaban J connectivity index is 2.21. The highest BCUT2D eigenvalue weighted by atomic mass is 15.0. The van der Waals surface area contributed by atoms with Crippen molar-refractivity contribution in [3.8, 4) is 12.3 Å². The second-order valence-corrected chi connectivity index (χ2v) is 5.11. The van der Waals surface area contributed by atoms with Gasteiger partial charge in [-0.25, -0.2) is 0 Å². The Bertz CT molecular complexity index is 211. The van der Waals surface area contributed by atoms with Crippen LogP contribution in [0.25, 0.3) is 0 Å². The van der Waals surface area contributed by atoms with E-state index in [2.05, 4.69) is 30.4 Å². The topological polar surface area (TPSA) is 24.1 Å². The molecule has 3 unspecified atom stereocenters. The van der Waals surface area contributed by atoms with Crippen molar-refractivity contribution in [3.63, 3.8) is 0 Å². The first-order chi connectivity index (χ1) is 7.72. The number of hydrogen-bond acceptors (Lipinski definition) is 2. The van der Waals surface area contributed by atoms with Crippen LogP contribution in [0.3, 0.4) is 0 Å². The van der Waals surface area contributed by atoms with Gasteiger partial charge < -0.3 is 10.6 Å². The van der Waals surface area contributed by atoms with Gasteiger partial charge in [0.05, 0.1) is 0 Å². The van der Waals surface area contributed by atoms with E-state index >= 15 is 0 Å². The molecular formula is C14H26N2. The third-order valence-electron chi connectivity index (χ3n) is 3.29. The lowest BCUT2D eigenvalue weighted by Gasteiger charge is -2.23. The van der Waals surface area contributed by atoms with Crippen molar-refractivity contribution in [1.82, 2.24) is 10.6 Å². The van der Waals surface area contributed by atoms with Crippen LogP contribution in [0.4, 0.5) is 0 Å². The minimum Gasteiger partial charge on any atom is -0.314 e. The van der Waals surface area contributed by atoms with Crippen LogP contribution >= 0.6 is 0 Å². The molecule has 0 aromatic carbocycles. The van der Waals surface area contributed by atoms with Crippen LogP contribution in [0.2, 0.25) is 0 Å². The smallest absolute Gasteiger partial charge is 0.0238 e. The van der Waals surface area contributed by atoms with Crippen LogP contribution in [-0.4, -0.2) is 24.7 Å². The predicted molar refractivity (Wildman–Crippen MR) is 70.4 cm³/mol. The molecule has 1 fully saturated rings. The fourth-order valence-corrected chi connectivity index (χ4v) is 2.52. The molecule has 0 aromatic heterocycles. The fraction of sp³-hybridized carbons (Fsp3) is 0.857. The highest BCUT2D eigenvalue weighted by molar-refractivity contribution is 4.89. The van der Waals surface area contributed by atoms with E-state index in [1.807, 2.05) is 0 Å². The minimum absolute atomic E-state index is 0.436. The molecule has 3 atom stereocenters. The molecule has 1 heterocycles. The van der Waals surface area contributed by atoms with Gasteiger partial charge in [0.15, 0.2) is 0 Å². The molecule has 1 rings (SSSR count). The Morgan fingerprint density at radius 2 is 2.12 bits per heavy atom. The van der Waals surface area contributed by atoms with E-state index in [9.17, 15) is 0 Å². The van der Waals surface area contributed by atoms with Crippen molar-refractivity contribution in [1.29, 1.82) is 0 Å². The maximum absolute atomic E-state index is 5.31. The van der Waals surface area contributed by atoms with Crippen LogP contribution in [0.15, 0.2) is 0 Å². The van der Waals surface area contributed by atoms with Crippen molar-refractivity contribution in [3.05, 3.63) is 0 Å². The molecule has 1 saturated heterocycles. The van der Waals surface area contributed by atoms with Gasteiger partial charge in [-0.3, -0.25) is 0 Å². The third-order valence-corrected chi connectivity index (χ3v) is 3.29. The van der Waals surface area contributed by atoms with Crippen molar-refractivity contribution in [2.24, 2.45) is 0 Å². The lowest BCUT2D eigenvalue weighted by molar-refractivity contribution is 0.379. The molecule has 1 aliphatic rings. The second-order valence-electron chi connectivity index (χ2n) is 5.11. The molecule has 2 nitrogen and oxygen atoms in total. The molecule has 0 amide bonds. The molecular weight excluding hydrogens is 196 g/mol. The van der Waals surface area contributed by atoms with Gasteiger partial charge >= 0.3 is 0 Å². The Morgan fingerprint density at radius 1 is 1.31 bits per heavy atom. The highest BCUT2D eigenvalue weighted by Crippen LogP contribution is 2.12. The summed E-state index contributed by atoms with van der Waals surface area (Å²) in [5.74, 6) is 2.71. The lowest BCUT2D eigenvalue weighted by Crippen LogP contribution is -2.40. The van der Waals surface area contributed by atoms with Gasteiger partial charge in [-0.05, 0) is 39.7 Å². The number of hydrogen-bond donors (Lipinski definition) is 2. The van der Waals surface area contributed by atoms with Gasteiger partial charge in [-0.15, -0.1) is 12.3 Å². The summed E-state index contributed by atoms with van der Waals surface area (Å²) in [6, 6.07) is 1.69. The summed E-state index contributed by atoms with van der Waals surface area (Å²) in [5.41, 5.74) is 0. The summed E-state index contributed by atoms with van der Waals surface area (Å²) in [4.78, 5) is 0. The van der Waals surface area contributed by atoms with Crippen molar-refractivity contribution >= 4 is 0 Å². The largest absolute Gasteiger partial charge is 0.314 e. The van der Waals surface area contributed by atoms with E-state index in [-0.39, 0.29) is 0 Å². The first kappa shape index (κ1) is 13.5. The maximum atomic E-state index is 5.31. The van der Waals surface area contributed by atoms with Crippen molar-refractivity contribution in [2.45, 2.75) is 70.5 Å². The van der Waals surface area contributed by atoms with E-state index in [1.165, 1.54) is 38.6 Å². The molecule has 0 saturated carbocycles. The molecule has 16 heavy (non-hydrogen) atoms. The summed E-state index contributed by atoms with van der Waals surface area (Å²) < 4.78 is 0. The van der Waals surface area contributed by atoms with Crippen LogP contribution in [0.5, 0.6) is 0 Å². The average molecular weight is 222 g/mol. The van der Waals surface area contributed by atoms with Crippen molar-refractivity contribution < 1.29 is 0 Å². The van der Waals surface area contributed by atoms with E-state index in [1.54, 1.807) is 0 Å². The Kier molecular flexibility index (Phi) is 6.52. The Morgan fingerprint density at radius 3 is 2.88 bits per heavy atom. The molecule has 0 spiro atoms. The van der Waals surface area contributed by atoms with Gasteiger partial charge in [-0.1, -0.05) is 12.8 Å². The van der Waals surface area contributed by atoms with Gasteiger partial charge in [0.25, 0.3) is 0 Å². The molecule has 0 aromatic rings. The van der Waals surface area contributed by atoms with Crippen LogP contribution < -0.4 is 10.6 Å². The Labute approximate surface area is 101 Å². The minimum atomic E-state index is 0.436. The second kappa shape index (κ2) is 7.70. The predicted octanol–water partition coefficient (Wildman–Crippen LogP) is 2.30. The quantitative estimate of drug-likeness (QED) is 0.698. The molecule has 2 heteroatoms. The SMILES string of the molecule is C#CCC(C)NC(C)CC1CCCCCN1. The maximum Gasteiger partial charge on any atom is 0.0238 e. The normalized spacial score (nSPS) is 25.4. The standard InChI is InChI=1S/C14H26N2/c1-4-8-12(2)16-13(3)11-14-9-6-5-7-10-15-14/h1,12-16H,5-11H2,2-3H3. The van der Waals surface area contributed by atoms with Gasteiger partial charge in [0.2, 0.25) is 0 Å². The third kappa shape index (κ3) is 5.53. The van der Waals surface area contributed by atoms with Gasteiger partial charge in [0, 0.05) is 24.5 Å². The average Bonchev–Trinajstić information content (AvgIpc) is 2.46. The number of nitrogens with one attached hydrogen (secondary N) is 2. The van der Waals surface area contributed by atoms with Gasteiger partial charge in [-0.2, -0.15) is 0 Å². The summed E-state index contributed by atoms with van der Waals surface area (Å²) in [5, 5.41) is 7.20. The summed E-state index contributed by atoms with van der Waals surface area (Å²) in [6.07, 6.45) is 12.8. The first-order valence-electron chi connectivity index (χ1n) is 6.65. The first-order valence-corrected chi connectivity index (χ1v) is 6.65. The highest BCUT2D eigenvalue weighted by Gasteiger charge is 2.15. The van der Waals surface area contributed by atoms with Crippen molar-refractivity contribution in [2.75, 3.05) is 6.54 Å². The molecule has 92 valence electrons. The monoisotopic (exact) mass is 222 g/mol. The summed E-state index contributed by atoms with van der Waals surface area (Å²) in [7, 11) is 0. The van der Waals surface area contributed by atoms with Crippen LogP contribution in [0, 0.1) is 12.3 Å². The zero-order valence-electron chi connectivity index (χ0n) is 10.8. The summed E-state index contributed by atoms with van der Waals surface area (Å²) >= 11 is 0. The Hall–Kier alpha value is -0.520. The van der Waals surface area contributed by atoms with Gasteiger partial charge in [0.1, 0.15) is 0 Å².